The number of carbonyl (C=O) groups is 1. The number of hydrogen-bond donors (Lipinski definition) is 3. The number of ether oxygens (including phenoxy) is 1. The van der Waals surface area contributed by atoms with Crippen molar-refractivity contribution < 1.29 is 18.3 Å². The molecule has 0 bridgehead atoms. The molecule has 9 heteroatoms. The molecule has 0 spiro atoms. The van der Waals surface area contributed by atoms with E-state index in [2.05, 4.69) is 20.9 Å². The van der Waals surface area contributed by atoms with Crippen molar-refractivity contribution in [3.63, 3.8) is 0 Å². The van der Waals surface area contributed by atoms with Gasteiger partial charge in [-0.3, -0.25) is 4.79 Å². The second kappa shape index (κ2) is 13.6. The molecule has 2 atom stereocenters. The van der Waals surface area contributed by atoms with E-state index < -0.39 is 11.6 Å². The fourth-order valence-electron chi connectivity index (χ4n) is 3.36. The van der Waals surface area contributed by atoms with Crippen molar-refractivity contribution in [2.24, 2.45) is 10.9 Å². The quantitative estimate of drug-likeness (QED) is 0.205. The van der Waals surface area contributed by atoms with E-state index in [1.54, 1.807) is 0 Å². The van der Waals surface area contributed by atoms with Crippen LogP contribution in [0.1, 0.15) is 46.5 Å². The number of guanidine groups is 1. The molecule has 1 saturated carbocycles. The highest BCUT2D eigenvalue weighted by Crippen LogP contribution is 2.24. The predicted octanol–water partition coefficient (Wildman–Crippen LogP) is 3.60. The monoisotopic (exact) mass is 538 g/mol. The molecule has 0 aromatic heterocycles. The first-order valence-electron chi connectivity index (χ1n) is 10.3. The Morgan fingerprint density at radius 2 is 2.03 bits per heavy atom. The first kappa shape index (κ1) is 26.4. The SMILES string of the molecule is CCNC(=NCCOc1ccc(F)c(F)c1)NC1CCCC(C(=O)NC(C)C)C1.I. The van der Waals surface area contributed by atoms with Crippen LogP contribution in [0.2, 0.25) is 0 Å². The smallest absolute Gasteiger partial charge is 0.223 e. The summed E-state index contributed by atoms with van der Waals surface area (Å²) in [6, 6.07) is 3.76. The molecule has 6 nitrogen and oxygen atoms in total. The highest BCUT2D eigenvalue weighted by atomic mass is 127. The van der Waals surface area contributed by atoms with E-state index in [0.29, 0.717) is 19.0 Å². The van der Waals surface area contributed by atoms with Gasteiger partial charge in [0.05, 0.1) is 6.54 Å². The summed E-state index contributed by atoms with van der Waals surface area (Å²) in [6.07, 6.45) is 3.66. The van der Waals surface area contributed by atoms with Crippen LogP contribution >= 0.6 is 24.0 Å². The maximum Gasteiger partial charge on any atom is 0.223 e. The topological polar surface area (TPSA) is 74.8 Å². The summed E-state index contributed by atoms with van der Waals surface area (Å²) in [5.41, 5.74) is 0. The van der Waals surface area contributed by atoms with E-state index in [1.165, 1.54) is 6.07 Å². The van der Waals surface area contributed by atoms with Crippen LogP contribution < -0.4 is 20.7 Å². The lowest BCUT2D eigenvalue weighted by Crippen LogP contribution is -2.47. The van der Waals surface area contributed by atoms with E-state index >= 15 is 0 Å². The molecule has 1 fully saturated rings. The number of hydrogen-bond acceptors (Lipinski definition) is 3. The highest BCUT2D eigenvalue weighted by molar-refractivity contribution is 14.0. The van der Waals surface area contributed by atoms with Crippen LogP contribution in [0.15, 0.2) is 23.2 Å². The number of aliphatic imine (C=N–C) groups is 1. The Bertz CT molecular complexity index is 704. The third-order valence-corrected chi connectivity index (χ3v) is 4.68. The van der Waals surface area contributed by atoms with Crippen molar-refractivity contribution in [3.05, 3.63) is 29.8 Å². The molecule has 1 aliphatic carbocycles. The van der Waals surface area contributed by atoms with Gasteiger partial charge in [0.15, 0.2) is 17.6 Å². The molecule has 3 N–H and O–H groups in total. The Kier molecular flexibility index (Phi) is 12.0. The molecule has 1 aliphatic rings. The van der Waals surface area contributed by atoms with Gasteiger partial charge in [-0.1, -0.05) is 6.42 Å². The lowest BCUT2D eigenvalue weighted by atomic mass is 9.85. The largest absolute Gasteiger partial charge is 0.492 e. The van der Waals surface area contributed by atoms with Crippen molar-refractivity contribution in [3.8, 4) is 5.75 Å². The fourth-order valence-corrected chi connectivity index (χ4v) is 3.36. The third kappa shape index (κ3) is 9.01. The van der Waals surface area contributed by atoms with Gasteiger partial charge in [0.25, 0.3) is 0 Å². The molecule has 0 radical (unpaired) electrons. The maximum atomic E-state index is 13.2. The van der Waals surface area contributed by atoms with Crippen molar-refractivity contribution in [2.75, 3.05) is 19.7 Å². The molecule has 0 aliphatic heterocycles. The number of rotatable bonds is 8. The Morgan fingerprint density at radius 1 is 1.27 bits per heavy atom. The molecule has 170 valence electrons. The molecule has 0 saturated heterocycles. The van der Waals surface area contributed by atoms with Crippen molar-refractivity contribution in [1.82, 2.24) is 16.0 Å². The van der Waals surface area contributed by atoms with Crippen LogP contribution in [0.25, 0.3) is 0 Å². The van der Waals surface area contributed by atoms with Crippen molar-refractivity contribution >= 4 is 35.8 Å². The minimum Gasteiger partial charge on any atom is -0.492 e. The second-order valence-corrected chi connectivity index (χ2v) is 7.55. The summed E-state index contributed by atoms with van der Waals surface area (Å²) in [5.74, 6) is -0.771. The zero-order valence-corrected chi connectivity index (χ0v) is 20.2. The van der Waals surface area contributed by atoms with Crippen LogP contribution in [-0.4, -0.2) is 43.6 Å². The summed E-state index contributed by atoms with van der Waals surface area (Å²) < 4.78 is 31.6. The van der Waals surface area contributed by atoms with Gasteiger partial charge in [0.2, 0.25) is 5.91 Å². The number of benzene rings is 1. The highest BCUT2D eigenvalue weighted by Gasteiger charge is 2.27. The molecule has 1 aromatic carbocycles. The van der Waals surface area contributed by atoms with Crippen molar-refractivity contribution in [1.29, 1.82) is 0 Å². The summed E-state index contributed by atoms with van der Waals surface area (Å²) in [5, 5.41) is 9.60. The molecule has 2 rings (SSSR count). The van der Waals surface area contributed by atoms with E-state index in [9.17, 15) is 13.6 Å². The summed E-state index contributed by atoms with van der Waals surface area (Å²) in [7, 11) is 0. The van der Waals surface area contributed by atoms with Crippen LogP contribution in [0.4, 0.5) is 8.78 Å². The Balaban J connectivity index is 0.00000450. The van der Waals surface area contributed by atoms with E-state index in [-0.39, 0.29) is 60.2 Å². The predicted molar refractivity (Wildman–Crippen MR) is 125 cm³/mol. The molecule has 2 unspecified atom stereocenters. The zero-order chi connectivity index (χ0) is 21.2. The van der Waals surface area contributed by atoms with Gasteiger partial charge >= 0.3 is 0 Å². The standard InChI is InChI=1S/C21H32F2N4O2.HI/c1-4-24-21(25-10-11-29-17-8-9-18(22)19(23)13-17)27-16-7-5-6-15(12-16)20(28)26-14(2)3;/h8-9,13-16H,4-7,10-12H2,1-3H3,(H,26,28)(H2,24,25,27);1H. The molecule has 1 amide bonds. The van der Waals surface area contributed by atoms with Gasteiger partial charge < -0.3 is 20.7 Å². The Morgan fingerprint density at radius 3 is 2.70 bits per heavy atom. The zero-order valence-electron chi connectivity index (χ0n) is 17.8. The molecular formula is C21H33F2IN4O2. The molecule has 30 heavy (non-hydrogen) atoms. The average molecular weight is 538 g/mol. The van der Waals surface area contributed by atoms with Gasteiger partial charge in [0, 0.05) is 30.6 Å². The Labute approximate surface area is 194 Å². The summed E-state index contributed by atoms with van der Waals surface area (Å²) >= 11 is 0. The van der Waals surface area contributed by atoms with Gasteiger partial charge in [-0.2, -0.15) is 0 Å². The number of amides is 1. The molecular weight excluding hydrogens is 505 g/mol. The number of nitrogens with one attached hydrogen (secondary N) is 3. The van der Waals surface area contributed by atoms with E-state index in [4.69, 9.17) is 4.74 Å². The first-order chi connectivity index (χ1) is 13.9. The van der Waals surface area contributed by atoms with Crippen LogP contribution in [0.3, 0.4) is 0 Å². The fraction of sp³-hybridized carbons (Fsp3) is 0.619. The second-order valence-electron chi connectivity index (χ2n) is 7.55. The summed E-state index contributed by atoms with van der Waals surface area (Å²) in [4.78, 5) is 16.8. The molecule has 1 aromatic rings. The first-order valence-corrected chi connectivity index (χ1v) is 10.3. The van der Waals surface area contributed by atoms with Gasteiger partial charge in [-0.15, -0.1) is 24.0 Å². The van der Waals surface area contributed by atoms with Gasteiger partial charge in [0.1, 0.15) is 12.4 Å². The van der Waals surface area contributed by atoms with Gasteiger partial charge in [-0.05, 0) is 52.2 Å². The van der Waals surface area contributed by atoms with Crippen LogP contribution in [0.5, 0.6) is 5.75 Å². The number of halogens is 3. The normalized spacial score (nSPS) is 19.1. The average Bonchev–Trinajstić information content (AvgIpc) is 2.67. The van der Waals surface area contributed by atoms with E-state index in [0.717, 1.165) is 37.8 Å². The lowest BCUT2D eigenvalue weighted by Gasteiger charge is -2.30. The maximum absolute atomic E-state index is 13.2. The van der Waals surface area contributed by atoms with Crippen LogP contribution in [0, 0.1) is 17.6 Å². The van der Waals surface area contributed by atoms with Gasteiger partial charge in [-0.25, -0.2) is 13.8 Å². The lowest BCUT2D eigenvalue weighted by molar-refractivity contribution is -0.126. The number of carbonyl (C=O) groups excluding carboxylic acids is 1. The van der Waals surface area contributed by atoms with Crippen LogP contribution in [-0.2, 0) is 4.79 Å². The summed E-state index contributed by atoms with van der Waals surface area (Å²) in [6.45, 7) is 7.22. The molecule has 0 heterocycles. The number of nitrogens with zero attached hydrogens (tertiary/aromatic N) is 1. The minimum atomic E-state index is -0.936. The Hall–Kier alpha value is -1.65. The third-order valence-electron chi connectivity index (χ3n) is 4.68. The van der Waals surface area contributed by atoms with E-state index in [1.807, 2.05) is 20.8 Å². The minimum absolute atomic E-state index is 0. The van der Waals surface area contributed by atoms with Crippen molar-refractivity contribution in [2.45, 2.75) is 58.5 Å².